The Morgan fingerprint density at radius 2 is 1.87 bits per heavy atom. The van der Waals surface area contributed by atoms with E-state index in [-0.39, 0.29) is 36.5 Å². The summed E-state index contributed by atoms with van der Waals surface area (Å²) in [6.45, 7) is 16.7. The number of carbonyl (C=O) groups is 2. The van der Waals surface area contributed by atoms with Gasteiger partial charge in [0.15, 0.2) is 12.1 Å². The number of methoxy groups -OCH3 is 1. The van der Waals surface area contributed by atoms with Crippen LogP contribution in [0.4, 0.5) is 0 Å². The molecular formula is C41H66N4O7. The molecule has 2 saturated heterocycles. The van der Waals surface area contributed by atoms with Gasteiger partial charge < -0.3 is 34.3 Å². The van der Waals surface area contributed by atoms with Crippen molar-refractivity contribution in [1.29, 1.82) is 0 Å². The number of nitrogens with one attached hydrogen (secondary N) is 1. The molecule has 0 aliphatic carbocycles. The van der Waals surface area contributed by atoms with Crippen LogP contribution in [0.3, 0.4) is 0 Å². The maximum absolute atomic E-state index is 14.3. The zero-order chi connectivity index (χ0) is 38.2. The summed E-state index contributed by atoms with van der Waals surface area (Å²) in [5.74, 6) is -1.47. The van der Waals surface area contributed by atoms with Crippen LogP contribution >= 0.6 is 0 Å². The Hall–Kier alpha value is -2.51. The van der Waals surface area contributed by atoms with Crippen LogP contribution in [0.1, 0.15) is 86.1 Å². The molecule has 2 aromatic rings. The number of para-hydroxylation sites is 1. The van der Waals surface area contributed by atoms with E-state index in [1.807, 2.05) is 57.2 Å². The molecule has 292 valence electrons. The summed E-state index contributed by atoms with van der Waals surface area (Å²) in [7, 11) is 5.51. The van der Waals surface area contributed by atoms with Gasteiger partial charge in [0.1, 0.15) is 18.1 Å². The minimum atomic E-state index is -1.43. The number of ether oxygens (including phenoxy) is 4. The van der Waals surface area contributed by atoms with Gasteiger partial charge >= 0.3 is 5.97 Å². The number of benzene rings is 1. The predicted molar refractivity (Wildman–Crippen MR) is 204 cm³/mol. The van der Waals surface area contributed by atoms with Crippen molar-refractivity contribution < 1.29 is 33.6 Å². The molecule has 1 aromatic carbocycles. The van der Waals surface area contributed by atoms with Crippen LogP contribution in [0.15, 0.2) is 36.5 Å². The highest BCUT2D eigenvalue weighted by molar-refractivity contribution is 6.04. The second-order valence-corrected chi connectivity index (χ2v) is 16.3. The van der Waals surface area contributed by atoms with Crippen molar-refractivity contribution in [1.82, 2.24) is 20.1 Å². The Balaban J connectivity index is 1.54. The van der Waals surface area contributed by atoms with Gasteiger partial charge in [0.2, 0.25) is 0 Å². The molecule has 2 fully saturated rings. The maximum Gasteiger partial charge on any atom is 0.319 e. The number of carbonyl (C=O) groups excluding carboxylic acids is 2. The second-order valence-electron chi connectivity index (χ2n) is 16.3. The molecular weight excluding hydrogens is 660 g/mol. The zero-order valence-corrected chi connectivity index (χ0v) is 33.4. The van der Waals surface area contributed by atoms with E-state index in [4.69, 9.17) is 18.9 Å². The molecule has 0 amide bonds. The van der Waals surface area contributed by atoms with Crippen molar-refractivity contribution in [3.8, 4) is 0 Å². The van der Waals surface area contributed by atoms with Gasteiger partial charge in [-0.1, -0.05) is 39.0 Å². The van der Waals surface area contributed by atoms with Gasteiger partial charge in [0.25, 0.3) is 0 Å². The van der Waals surface area contributed by atoms with Gasteiger partial charge in [-0.2, -0.15) is 0 Å². The van der Waals surface area contributed by atoms with Crippen LogP contribution < -0.4 is 5.32 Å². The molecule has 0 spiro atoms. The zero-order valence-electron chi connectivity index (χ0n) is 33.4. The number of likely N-dealkylation sites (N-methyl/N-ethyl adjacent to an activating group) is 1. The van der Waals surface area contributed by atoms with Crippen molar-refractivity contribution >= 4 is 22.7 Å². The van der Waals surface area contributed by atoms with Crippen molar-refractivity contribution in [2.24, 2.45) is 17.3 Å². The number of aliphatic hydroxyl groups excluding tert-OH is 1. The molecule has 52 heavy (non-hydrogen) atoms. The molecule has 11 nitrogen and oxygen atoms in total. The van der Waals surface area contributed by atoms with Crippen LogP contribution in [-0.4, -0.2) is 121 Å². The second kappa shape index (κ2) is 18.7. The van der Waals surface area contributed by atoms with Crippen LogP contribution in [0.25, 0.3) is 10.9 Å². The number of pyridine rings is 1. The molecule has 2 aliphatic rings. The number of ketones is 1. The first kappa shape index (κ1) is 42.2. The molecule has 0 saturated carbocycles. The van der Waals surface area contributed by atoms with Gasteiger partial charge in [-0.15, -0.1) is 0 Å². The van der Waals surface area contributed by atoms with Gasteiger partial charge in [-0.3, -0.25) is 19.5 Å². The first-order valence-corrected chi connectivity index (χ1v) is 19.3. The first-order valence-electron chi connectivity index (χ1n) is 19.3. The van der Waals surface area contributed by atoms with Gasteiger partial charge in [0.05, 0.1) is 23.3 Å². The molecule has 4 rings (SSSR count). The van der Waals surface area contributed by atoms with Crippen LogP contribution in [-0.2, 0) is 35.1 Å². The number of esters is 1. The molecule has 11 heteroatoms. The summed E-state index contributed by atoms with van der Waals surface area (Å²) in [5, 5.41) is 16.1. The molecule has 2 N–H and O–H groups in total. The molecule has 3 heterocycles. The van der Waals surface area contributed by atoms with Gasteiger partial charge in [0, 0.05) is 49.8 Å². The van der Waals surface area contributed by atoms with E-state index in [0.29, 0.717) is 12.8 Å². The van der Waals surface area contributed by atoms with E-state index in [2.05, 4.69) is 41.2 Å². The van der Waals surface area contributed by atoms with Crippen molar-refractivity contribution in [3.05, 3.63) is 42.1 Å². The van der Waals surface area contributed by atoms with Crippen molar-refractivity contribution in [3.63, 3.8) is 0 Å². The number of Topliss-reactive ketones (excluding diaryl/α,β-unsaturated/α-hetero) is 1. The lowest BCUT2D eigenvalue weighted by Gasteiger charge is -2.47. The third kappa shape index (κ3) is 10.4. The maximum atomic E-state index is 14.3. The Morgan fingerprint density at radius 3 is 2.56 bits per heavy atom. The van der Waals surface area contributed by atoms with Crippen molar-refractivity contribution in [2.45, 2.75) is 129 Å². The monoisotopic (exact) mass is 726 g/mol. The quantitative estimate of drug-likeness (QED) is 0.170. The number of hydrogen-bond donors (Lipinski definition) is 2. The molecule has 2 aliphatic heterocycles. The minimum Gasteiger partial charge on any atom is -0.463 e. The average molecular weight is 727 g/mol. The SMILES string of the molecule is CCCN1CC(C)CC(C)(OC)C(O[C@@H]2O[C@H](C)C[C@H](N(C)C)[C@H]2O)C(C)C(=O)C(C)(C)C(=O)OCC1CCCNCc1cnc2ccccc2c1. The molecule has 9 atom stereocenters. The summed E-state index contributed by atoms with van der Waals surface area (Å²) in [5.41, 5.74) is -0.245. The fourth-order valence-electron chi connectivity index (χ4n) is 8.21. The lowest BCUT2D eigenvalue weighted by Crippen LogP contribution is -2.59. The van der Waals surface area contributed by atoms with Crippen LogP contribution in [0.2, 0.25) is 0 Å². The van der Waals surface area contributed by atoms with E-state index < -0.39 is 41.4 Å². The van der Waals surface area contributed by atoms with E-state index >= 15 is 0 Å². The number of aromatic nitrogens is 1. The molecule has 1 aromatic heterocycles. The third-order valence-electron chi connectivity index (χ3n) is 11.2. The summed E-state index contributed by atoms with van der Waals surface area (Å²) < 4.78 is 25.2. The van der Waals surface area contributed by atoms with E-state index in [1.54, 1.807) is 27.9 Å². The number of hydrogen-bond acceptors (Lipinski definition) is 11. The smallest absolute Gasteiger partial charge is 0.319 e. The lowest BCUT2D eigenvalue weighted by molar-refractivity contribution is -0.295. The Bertz CT molecular complexity index is 1460. The summed E-state index contributed by atoms with van der Waals surface area (Å²) in [4.78, 5) is 37.2. The topological polar surface area (TPSA) is 123 Å². The number of nitrogens with zero attached hydrogens (tertiary/aromatic N) is 3. The Labute approximate surface area is 312 Å². The normalized spacial score (nSPS) is 32.6. The largest absolute Gasteiger partial charge is 0.463 e. The highest BCUT2D eigenvalue weighted by Gasteiger charge is 2.51. The van der Waals surface area contributed by atoms with Gasteiger partial charge in [-0.25, -0.2) is 0 Å². The lowest BCUT2D eigenvalue weighted by atomic mass is 9.74. The number of aliphatic hydroxyl groups is 1. The van der Waals surface area contributed by atoms with Gasteiger partial charge in [-0.05, 0) is 111 Å². The average Bonchev–Trinajstić information content (AvgIpc) is 3.11. The predicted octanol–water partition coefficient (Wildman–Crippen LogP) is 5.22. The van der Waals surface area contributed by atoms with Crippen LogP contribution in [0, 0.1) is 17.3 Å². The fraction of sp³-hybridized carbons (Fsp3) is 0.732. The highest BCUT2D eigenvalue weighted by Crippen LogP contribution is 2.38. The van der Waals surface area contributed by atoms with Crippen molar-refractivity contribution in [2.75, 3.05) is 47.4 Å². The summed E-state index contributed by atoms with van der Waals surface area (Å²) in [6, 6.07) is 10.1. The highest BCUT2D eigenvalue weighted by atomic mass is 16.7. The Morgan fingerprint density at radius 1 is 1.13 bits per heavy atom. The Kier molecular flexibility index (Phi) is 15.2. The van der Waals surface area contributed by atoms with E-state index in [9.17, 15) is 14.7 Å². The number of cyclic esters (lactones) is 1. The standard InChI is InChI=1S/C41H66N4O7/c1-11-19-45-25-27(2)22-41(7,49-10)37(52-38-35(46)34(44(8)9)20-28(3)51-38)29(4)36(47)40(5,6)39(48)50-26-32(45)16-14-18-42-23-30-21-31-15-12-13-17-33(31)43-24-30/h12-13,15,17,21,24,27-29,32,34-35,37-38,42,46H,11,14,16,18-20,22-23,25-26H2,1-10H3/t27?,28-,29?,32?,34+,35-,37?,38+,41?/m1/s1. The fourth-order valence-corrected chi connectivity index (χ4v) is 8.21. The minimum absolute atomic E-state index is 0.0179. The summed E-state index contributed by atoms with van der Waals surface area (Å²) in [6.07, 6.45) is 2.93. The first-order chi connectivity index (χ1) is 24.6. The summed E-state index contributed by atoms with van der Waals surface area (Å²) >= 11 is 0. The molecule has 0 bridgehead atoms. The van der Waals surface area contributed by atoms with Crippen LogP contribution in [0.5, 0.6) is 0 Å². The number of rotatable bonds is 12. The molecule has 5 unspecified atom stereocenters. The third-order valence-corrected chi connectivity index (χ3v) is 11.2. The van der Waals surface area contributed by atoms with E-state index in [1.165, 1.54) is 0 Å². The van der Waals surface area contributed by atoms with E-state index in [0.717, 1.165) is 61.9 Å². The number of fused-ring (bicyclic) bond motifs is 1. The molecule has 0 radical (unpaired) electrons.